The Kier molecular flexibility index (Phi) is 8.08. The number of hydrogen-bond acceptors (Lipinski definition) is 3. The van der Waals surface area contributed by atoms with Crippen LogP contribution in [0.4, 0.5) is 11.4 Å². The van der Waals surface area contributed by atoms with E-state index in [4.69, 9.17) is 12.2 Å². The van der Waals surface area contributed by atoms with E-state index in [0.717, 1.165) is 37.1 Å². The molecule has 31 heavy (non-hydrogen) atoms. The Balaban J connectivity index is 1.61. The highest BCUT2D eigenvalue weighted by atomic mass is 32.2. The molecule has 1 fully saturated rings. The third-order valence-electron chi connectivity index (χ3n) is 5.83. The van der Waals surface area contributed by atoms with Crippen LogP contribution in [0.3, 0.4) is 0 Å². The molecule has 3 rings (SSSR count). The lowest BCUT2D eigenvalue weighted by atomic mass is 10.0. The third-order valence-corrected chi connectivity index (χ3v) is 8.18. The maximum absolute atomic E-state index is 13.1. The summed E-state index contributed by atoms with van der Waals surface area (Å²) in [7, 11) is -3.51. The van der Waals surface area contributed by atoms with Gasteiger partial charge in [0.15, 0.2) is 5.11 Å². The zero-order valence-electron chi connectivity index (χ0n) is 18.6. The number of thiocarbonyl (C=S) groups is 1. The van der Waals surface area contributed by atoms with Gasteiger partial charge in [-0.1, -0.05) is 31.9 Å². The van der Waals surface area contributed by atoms with Gasteiger partial charge in [0.1, 0.15) is 0 Å². The monoisotopic (exact) mass is 459 g/mol. The predicted octanol–water partition coefficient (Wildman–Crippen LogP) is 5.79. The normalized spacial score (nSPS) is 19.7. The minimum absolute atomic E-state index is 0.0247. The van der Waals surface area contributed by atoms with Crippen LogP contribution in [-0.4, -0.2) is 29.9 Å². The second-order valence-electron chi connectivity index (χ2n) is 8.37. The van der Waals surface area contributed by atoms with Gasteiger partial charge in [0, 0.05) is 23.5 Å². The van der Waals surface area contributed by atoms with E-state index in [1.54, 1.807) is 28.6 Å². The Morgan fingerprint density at radius 3 is 2.00 bits per heavy atom. The molecule has 7 heteroatoms. The van der Waals surface area contributed by atoms with E-state index in [-0.39, 0.29) is 12.1 Å². The number of rotatable bonds is 7. The Labute approximate surface area is 192 Å². The summed E-state index contributed by atoms with van der Waals surface area (Å²) in [5, 5.41) is 6.77. The molecule has 0 aliphatic carbocycles. The van der Waals surface area contributed by atoms with Crippen LogP contribution in [0.5, 0.6) is 0 Å². The van der Waals surface area contributed by atoms with Crippen molar-refractivity contribution < 1.29 is 8.42 Å². The second kappa shape index (κ2) is 10.6. The molecular formula is C24H33N3O2S2. The number of sulfonamides is 1. The molecule has 5 nitrogen and oxygen atoms in total. The van der Waals surface area contributed by atoms with Gasteiger partial charge in [-0.15, -0.1) is 0 Å². The van der Waals surface area contributed by atoms with Crippen LogP contribution >= 0.6 is 12.2 Å². The number of nitrogens with one attached hydrogen (secondary N) is 2. The number of nitrogens with zero attached hydrogens (tertiary/aromatic N) is 1. The van der Waals surface area contributed by atoms with Gasteiger partial charge < -0.3 is 10.6 Å². The second-order valence-corrected chi connectivity index (χ2v) is 10.6. The van der Waals surface area contributed by atoms with E-state index in [9.17, 15) is 8.42 Å². The van der Waals surface area contributed by atoms with Gasteiger partial charge in [0.2, 0.25) is 10.0 Å². The molecule has 0 spiro atoms. The van der Waals surface area contributed by atoms with E-state index in [1.165, 1.54) is 18.4 Å². The van der Waals surface area contributed by atoms with Crippen LogP contribution in [-0.2, 0) is 16.4 Å². The standard InChI is InChI=1S/C24H33N3O2S2/c1-4-5-9-20-10-12-21(13-11-20)25-24(30)26-22-14-16-23(17-15-22)31(28,29)27-18(2)7-6-8-19(27)3/h10-19H,4-9H2,1-3H3,(H2,25,26,30)/t18-,19+. The fourth-order valence-electron chi connectivity index (χ4n) is 4.13. The van der Waals surface area contributed by atoms with Crippen LogP contribution in [0.25, 0.3) is 0 Å². The fourth-order valence-corrected chi connectivity index (χ4v) is 6.25. The van der Waals surface area contributed by atoms with Gasteiger partial charge in [-0.25, -0.2) is 8.42 Å². The summed E-state index contributed by atoms with van der Waals surface area (Å²) in [5.74, 6) is 0. The van der Waals surface area contributed by atoms with Crippen LogP contribution in [0, 0.1) is 0 Å². The Hall–Kier alpha value is -1.96. The number of hydrogen-bond donors (Lipinski definition) is 2. The van der Waals surface area contributed by atoms with Crippen LogP contribution in [0.2, 0.25) is 0 Å². The SMILES string of the molecule is CCCCc1ccc(NC(=S)Nc2ccc(S(=O)(=O)N3[C@H](C)CCC[C@@H]3C)cc2)cc1. The first kappa shape index (κ1) is 23.7. The van der Waals surface area contributed by atoms with E-state index in [2.05, 4.69) is 29.7 Å². The molecule has 2 N–H and O–H groups in total. The van der Waals surface area contributed by atoms with Crippen molar-refractivity contribution in [2.75, 3.05) is 10.6 Å². The van der Waals surface area contributed by atoms with Gasteiger partial charge in [-0.05, 0) is 93.7 Å². The number of piperidine rings is 1. The average molecular weight is 460 g/mol. The highest BCUT2D eigenvalue weighted by molar-refractivity contribution is 7.89. The smallest absolute Gasteiger partial charge is 0.243 e. The van der Waals surface area contributed by atoms with E-state index >= 15 is 0 Å². The molecule has 2 aromatic rings. The zero-order valence-corrected chi connectivity index (χ0v) is 20.2. The minimum Gasteiger partial charge on any atom is -0.332 e. The number of anilines is 2. The number of aryl methyl sites for hydroxylation is 1. The molecule has 1 saturated heterocycles. The first-order chi connectivity index (χ1) is 14.8. The van der Waals surface area contributed by atoms with E-state index in [0.29, 0.717) is 10.0 Å². The van der Waals surface area contributed by atoms with Crippen molar-refractivity contribution in [3.8, 4) is 0 Å². The molecule has 1 heterocycles. The maximum atomic E-state index is 13.1. The van der Waals surface area contributed by atoms with Crippen molar-refractivity contribution in [3.05, 3.63) is 54.1 Å². The fraction of sp³-hybridized carbons (Fsp3) is 0.458. The van der Waals surface area contributed by atoms with E-state index in [1.807, 2.05) is 26.0 Å². The molecule has 2 aromatic carbocycles. The van der Waals surface area contributed by atoms with Crippen molar-refractivity contribution in [1.29, 1.82) is 0 Å². The van der Waals surface area contributed by atoms with Crippen LogP contribution in [0.15, 0.2) is 53.4 Å². The molecule has 2 atom stereocenters. The van der Waals surface area contributed by atoms with Crippen molar-refractivity contribution >= 4 is 38.7 Å². The van der Waals surface area contributed by atoms with Crippen molar-refractivity contribution in [2.45, 2.75) is 76.3 Å². The maximum Gasteiger partial charge on any atom is 0.243 e. The lowest BCUT2D eigenvalue weighted by molar-refractivity contribution is 0.204. The van der Waals surface area contributed by atoms with Crippen LogP contribution < -0.4 is 10.6 Å². The van der Waals surface area contributed by atoms with Gasteiger partial charge in [-0.2, -0.15) is 4.31 Å². The van der Waals surface area contributed by atoms with Gasteiger partial charge in [0.25, 0.3) is 0 Å². The van der Waals surface area contributed by atoms with Gasteiger partial charge >= 0.3 is 0 Å². The summed E-state index contributed by atoms with van der Waals surface area (Å²) in [6.45, 7) is 6.17. The molecule has 0 radical (unpaired) electrons. The molecular weight excluding hydrogens is 426 g/mol. The van der Waals surface area contributed by atoms with Crippen molar-refractivity contribution in [3.63, 3.8) is 0 Å². The van der Waals surface area contributed by atoms with Crippen LogP contribution in [0.1, 0.15) is 58.4 Å². The summed E-state index contributed by atoms with van der Waals surface area (Å²) >= 11 is 5.41. The average Bonchev–Trinajstić information content (AvgIpc) is 2.73. The summed E-state index contributed by atoms with van der Waals surface area (Å²) in [6.07, 6.45) is 6.34. The molecule has 0 aromatic heterocycles. The molecule has 0 bridgehead atoms. The summed E-state index contributed by atoms with van der Waals surface area (Å²) in [5.41, 5.74) is 2.99. The summed E-state index contributed by atoms with van der Waals surface area (Å²) < 4.78 is 27.9. The van der Waals surface area contributed by atoms with Gasteiger partial charge in [-0.3, -0.25) is 0 Å². The molecule has 0 saturated carbocycles. The topological polar surface area (TPSA) is 61.4 Å². The molecule has 1 aliphatic heterocycles. The quantitative estimate of drug-likeness (QED) is 0.513. The summed E-state index contributed by atoms with van der Waals surface area (Å²) in [4.78, 5) is 0.320. The van der Waals surface area contributed by atoms with Crippen molar-refractivity contribution in [1.82, 2.24) is 4.31 Å². The Morgan fingerprint density at radius 2 is 1.48 bits per heavy atom. The van der Waals surface area contributed by atoms with E-state index < -0.39 is 10.0 Å². The Bertz CT molecular complexity index is 963. The highest BCUT2D eigenvalue weighted by Gasteiger charge is 2.35. The van der Waals surface area contributed by atoms with Gasteiger partial charge in [0.05, 0.1) is 4.90 Å². The largest absolute Gasteiger partial charge is 0.332 e. The molecule has 168 valence electrons. The first-order valence-corrected chi connectivity index (χ1v) is 13.0. The van der Waals surface area contributed by atoms with Crippen molar-refractivity contribution in [2.24, 2.45) is 0 Å². The Morgan fingerprint density at radius 1 is 0.968 bits per heavy atom. The number of unbranched alkanes of at least 4 members (excludes halogenated alkanes) is 1. The molecule has 1 aliphatic rings. The lowest BCUT2D eigenvalue weighted by Crippen LogP contribution is -2.47. The predicted molar refractivity (Wildman–Crippen MR) is 133 cm³/mol. The summed E-state index contributed by atoms with van der Waals surface area (Å²) in [6, 6.07) is 15.1. The highest BCUT2D eigenvalue weighted by Crippen LogP contribution is 2.30. The first-order valence-electron chi connectivity index (χ1n) is 11.1. The molecule has 0 unspecified atom stereocenters. The lowest BCUT2D eigenvalue weighted by Gasteiger charge is -2.37. The molecule has 0 amide bonds. The minimum atomic E-state index is -3.51. The number of benzene rings is 2. The third kappa shape index (κ3) is 6.05. The zero-order chi connectivity index (χ0) is 22.4.